The van der Waals surface area contributed by atoms with Crippen molar-refractivity contribution in [1.82, 2.24) is 0 Å². The SMILES string of the molecule is O=C1C(Nc2ccccc2)=C(Cl)C(=O)c2sc(CO)cc21. The van der Waals surface area contributed by atoms with Crippen molar-refractivity contribution >= 4 is 40.2 Å². The van der Waals surface area contributed by atoms with Gasteiger partial charge >= 0.3 is 0 Å². The number of hydrogen-bond acceptors (Lipinski definition) is 5. The average Bonchev–Trinajstić information content (AvgIpc) is 2.95. The molecule has 0 spiro atoms. The summed E-state index contributed by atoms with van der Waals surface area (Å²) in [6.07, 6.45) is 0. The van der Waals surface area contributed by atoms with Crippen molar-refractivity contribution in [3.8, 4) is 0 Å². The summed E-state index contributed by atoms with van der Waals surface area (Å²) >= 11 is 7.14. The predicted octanol–water partition coefficient (Wildman–Crippen LogP) is 3.18. The molecular weight excluding hydrogens is 310 g/mol. The lowest BCUT2D eigenvalue weighted by Crippen LogP contribution is -2.22. The zero-order valence-corrected chi connectivity index (χ0v) is 12.3. The molecule has 0 fully saturated rings. The van der Waals surface area contributed by atoms with E-state index in [-0.39, 0.29) is 33.6 Å². The lowest BCUT2D eigenvalue weighted by atomic mass is 9.99. The van der Waals surface area contributed by atoms with Crippen molar-refractivity contribution in [2.24, 2.45) is 0 Å². The number of hydrogen-bond donors (Lipinski definition) is 2. The zero-order valence-electron chi connectivity index (χ0n) is 10.7. The van der Waals surface area contributed by atoms with Crippen molar-refractivity contribution in [3.05, 3.63) is 62.4 Å². The van der Waals surface area contributed by atoms with E-state index < -0.39 is 5.78 Å². The Kier molecular flexibility index (Phi) is 3.63. The second-order valence-corrected chi connectivity index (χ2v) is 5.97. The molecule has 0 aliphatic heterocycles. The van der Waals surface area contributed by atoms with E-state index in [2.05, 4.69) is 5.32 Å². The van der Waals surface area contributed by atoms with Gasteiger partial charge in [-0.3, -0.25) is 9.59 Å². The zero-order chi connectivity index (χ0) is 15.0. The third kappa shape index (κ3) is 2.40. The van der Waals surface area contributed by atoms with Crippen molar-refractivity contribution in [2.45, 2.75) is 6.61 Å². The Morgan fingerprint density at radius 3 is 2.52 bits per heavy atom. The summed E-state index contributed by atoms with van der Waals surface area (Å²) in [7, 11) is 0. The van der Waals surface area contributed by atoms with Gasteiger partial charge in [0.1, 0.15) is 10.7 Å². The third-order valence-electron chi connectivity index (χ3n) is 3.08. The topological polar surface area (TPSA) is 66.4 Å². The number of halogens is 1. The van der Waals surface area contributed by atoms with Crippen LogP contribution in [0.15, 0.2) is 47.1 Å². The summed E-state index contributed by atoms with van der Waals surface area (Å²) in [5.41, 5.74) is 1.03. The molecule has 4 nitrogen and oxygen atoms in total. The monoisotopic (exact) mass is 319 g/mol. The highest BCUT2D eigenvalue weighted by molar-refractivity contribution is 7.15. The number of para-hydroxylation sites is 1. The van der Waals surface area contributed by atoms with Crippen LogP contribution in [0.4, 0.5) is 5.69 Å². The summed E-state index contributed by atoms with van der Waals surface area (Å²) in [4.78, 5) is 25.6. The van der Waals surface area contributed by atoms with Crippen LogP contribution in [0.1, 0.15) is 24.9 Å². The van der Waals surface area contributed by atoms with Crippen LogP contribution in [0.2, 0.25) is 0 Å². The molecule has 2 N–H and O–H groups in total. The van der Waals surface area contributed by atoms with Gasteiger partial charge in [0.05, 0.1) is 11.5 Å². The number of aliphatic hydroxyl groups excluding tert-OH is 1. The van der Waals surface area contributed by atoms with Crippen LogP contribution in [0.5, 0.6) is 0 Å². The molecule has 0 radical (unpaired) electrons. The molecule has 0 saturated carbocycles. The molecule has 1 heterocycles. The van der Waals surface area contributed by atoms with Crippen LogP contribution < -0.4 is 5.32 Å². The molecule has 1 aliphatic carbocycles. The van der Waals surface area contributed by atoms with Crippen LogP contribution in [0.25, 0.3) is 0 Å². The lowest BCUT2D eigenvalue weighted by molar-refractivity contribution is 0.0985. The number of rotatable bonds is 3. The Morgan fingerprint density at radius 1 is 1.14 bits per heavy atom. The molecule has 0 amide bonds. The van der Waals surface area contributed by atoms with Gasteiger partial charge in [0, 0.05) is 16.1 Å². The number of carbonyl (C=O) groups excluding carboxylic acids is 2. The van der Waals surface area contributed by atoms with Crippen molar-refractivity contribution in [3.63, 3.8) is 0 Å². The second-order valence-electron chi connectivity index (χ2n) is 4.45. The largest absolute Gasteiger partial charge is 0.391 e. The first-order valence-corrected chi connectivity index (χ1v) is 7.36. The number of aliphatic hydroxyl groups is 1. The fraction of sp³-hybridized carbons (Fsp3) is 0.0667. The highest BCUT2D eigenvalue weighted by Gasteiger charge is 2.33. The van der Waals surface area contributed by atoms with Crippen LogP contribution in [-0.2, 0) is 6.61 Å². The van der Waals surface area contributed by atoms with Crippen molar-refractivity contribution < 1.29 is 14.7 Å². The number of carbonyl (C=O) groups is 2. The van der Waals surface area contributed by atoms with Gasteiger partial charge in [-0.25, -0.2) is 0 Å². The summed E-state index contributed by atoms with van der Waals surface area (Å²) in [5, 5.41) is 11.9. The van der Waals surface area contributed by atoms with Gasteiger partial charge in [0.2, 0.25) is 11.6 Å². The summed E-state index contributed by atoms with van der Waals surface area (Å²) in [5.74, 6) is -0.733. The molecule has 1 aliphatic rings. The van der Waals surface area contributed by atoms with Crippen molar-refractivity contribution in [1.29, 1.82) is 0 Å². The molecule has 21 heavy (non-hydrogen) atoms. The Labute approximate surface area is 129 Å². The smallest absolute Gasteiger partial charge is 0.217 e. The minimum absolute atomic E-state index is 0.0719. The quantitative estimate of drug-likeness (QED) is 0.912. The number of fused-ring (bicyclic) bond motifs is 1. The van der Waals surface area contributed by atoms with E-state index in [1.54, 1.807) is 12.1 Å². The number of nitrogens with one attached hydrogen (secondary N) is 1. The predicted molar refractivity (Wildman–Crippen MR) is 81.8 cm³/mol. The standard InChI is InChI=1S/C15H10ClNO3S/c16-11-12(17-8-4-2-1-3-5-8)13(19)10-6-9(7-18)21-15(10)14(11)20/h1-6,17-18H,7H2. The van der Waals surface area contributed by atoms with E-state index in [1.165, 1.54) is 6.07 Å². The average molecular weight is 320 g/mol. The normalized spacial score (nSPS) is 14.4. The number of anilines is 1. The van der Waals surface area contributed by atoms with Gasteiger partial charge in [-0.15, -0.1) is 11.3 Å². The van der Waals surface area contributed by atoms with Gasteiger partial charge in [0.15, 0.2) is 0 Å². The first-order chi connectivity index (χ1) is 10.1. The molecule has 2 aromatic rings. The van der Waals surface area contributed by atoms with Crippen LogP contribution in [0.3, 0.4) is 0 Å². The molecule has 0 atom stereocenters. The van der Waals surface area contributed by atoms with Gasteiger partial charge in [0.25, 0.3) is 0 Å². The number of thiophene rings is 1. The van der Waals surface area contributed by atoms with Crippen molar-refractivity contribution in [2.75, 3.05) is 5.32 Å². The Morgan fingerprint density at radius 2 is 1.86 bits per heavy atom. The first-order valence-electron chi connectivity index (χ1n) is 6.16. The molecule has 0 bridgehead atoms. The summed E-state index contributed by atoms with van der Waals surface area (Å²) in [6, 6.07) is 10.6. The maximum Gasteiger partial charge on any atom is 0.217 e. The van der Waals surface area contributed by atoms with Gasteiger partial charge in [-0.2, -0.15) is 0 Å². The Balaban J connectivity index is 2.03. The number of benzene rings is 1. The highest BCUT2D eigenvalue weighted by Crippen LogP contribution is 2.34. The van der Waals surface area contributed by atoms with E-state index in [0.29, 0.717) is 10.6 Å². The van der Waals surface area contributed by atoms with Crippen LogP contribution in [0, 0.1) is 0 Å². The minimum atomic E-state index is -0.394. The molecule has 3 rings (SSSR count). The number of Topliss-reactive ketones (excluding diaryl/α,β-unsaturated/α-hetero) is 2. The van der Waals surface area contributed by atoms with Gasteiger partial charge in [-0.1, -0.05) is 29.8 Å². The fourth-order valence-electron chi connectivity index (χ4n) is 2.08. The molecule has 1 aromatic carbocycles. The van der Waals surface area contributed by atoms with E-state index in [1.807, 2.05) is 18.2 Å². The second kappa shape index (κ2) is 5.44. The molecular formula is C15H10ClNO3S. The van der Waals surface area contributed by atoms with Crippen LogP contribution in [-0.4, -0.2) is 16.7 Å². The van der Waals surface area contributed by atoms with E-state index in [0.717, 1.165) is 11.3 Å². The van der Waals surface area contributed by atoms with E-state index >= 15 is 0 Å². The van der Waals surface area contributed by atoms with Gasteiger partial charge < -0.3 is 10.4 Å². The van der Waals surface area contributed by atoms with Crippen LogP contribution >= 0.6 is 22.9 Å². The molecule has 1 aromatic heterocycles. The third-order valence-corrected chi connectivity index (χ3v) is 4.56. The molecule has 6 heteroatoms. The minimum Gasteiger partial charge on any atom is -0.391 e. The fourth-order valence-corrected chi connectivity index (χ4v) is 3.33. The van der Waals surface area contributed by atoms with E-state index in [9.17, 15) is 9.59 Å². The lowest BCUT2D eigenvalue weighted by Gasteiger charge is -2.16. The summed E-state index contributed by atoms with van der Waals surface area (Å²) < 4.78 is 0. The van der Waals surface area contributed by atoms with E-state index in [4.69, 9.17) is 16.7 Å². The Hall–Kier alpha value is -1.95. The summed E-state index contributed by atoms with van der Waals surface area (Å²) in [6.45, 7) is -0.211. The molecule has 0 unspecified atom stereocenters. The first kappa shape index (κ1) is 14.0. The number of allylic oxidation sites excluding steroid dienone is 2. The number of ketones is 2. The maximum atomic E-state index is 12.5. The molecule has 0 saturated heterocycles. The Bertz CT molecular complexity index is 764. The highest BCUT2D eigenvalue weighted by atomic mass is 35.5. The maximum absolute atomic E-state index is 12.5. The van der Waals surface area contributed by atoms with Gasteiger partial charge in [-0.05, 0) is 18.2 Å². The molecule has 106 valence electrons.